The molecule has 1 aliphatic rings. The van der Waals surface area contributed by atoms with Gasteiger partial charge in [-0.2, -0.15) is 0 Å². The third kappa shape index (κ3) is 3.48. The van der Waals surface area contributed by atoms with E-state index < -0.39 is 0 Å². The van der Waals surface area contributed by atoms with Crippen LogP contribution >= 0.6 is 0 Å². The van der Waals surface area contributed by atoms with E-state index in [4.69, 9.17) is 4.74 Å². The topological polar surface area (TPSA) is 35.2 Å². The van der Waals surface area contributed by atoms with Crippen LogP contribution in [0.5, 0.6) is 5.75 Å². The highest BCUT2D eigenvalue weighted by Crippen LogP contribution is 2.31. The van der Waals surface area contributed by atoms with Gasteiger partial charge in [0.2, 0.25) is 0 Å². The van der Waals surface area contributed by atoms with Gasteiger partial charge in [0.25, 0.3) is 0 Å². The number of aryl methyl sites for hydroxylation is 2. The zero-order valence-corrected chi connectivity index (χ0v) is 16.9. The van der Waals surface area contributed by atoms with E-state index in [9.17, 15) is 0 Å². The van der Waals surface area contributed by atoms with Crippen LogP contribution in [0.25, 0.3) is 10.9 Å². The summed E-state index contributed by atoms with van der Waals surface area (Å²) in [5, 5.41) is 1.32. The van der Waals surface area contributed by atoms with Gasteiger partial charge in [0.15, 0.2) is 0 Å². The number of aromatic nitrogens is 3. The van der Waals surface area contributed by atoms with E-state index in [1.54, 1.807) is 7.11 Å². The van der Waals surface area contributed by atoms with E-state index in [2.05, 4.69) is 64.3 Å². The fraction of sp³-hybridized carbons (Fsp3) is 0.500. The lowest BCUT2D eigenvalue weighted by Crippen LogP contribution is -2.36. The van der Waals surface area contributed by atoms with E-state index in [0.29, 0.717) is 5.92 Å². The summed E-state index contributed by atoms with van der Waals surface area (Å²) in [7, 11) is 3.90. The Hall–Kier alpha value is -2.27. The van der Waals surface area contributed by atoms with Crippen LogP contribution in [0, 0.1) is 19.8 Å². The molecule has 27 heavy (non-hydrogen) atoms. The molecule has 2 aromatic heterocycles. The van der Waals surface area contributed by atoms with Crippen LogP contribution in [-0.2, 0) is 20.1 Å². The molecule has 144 valence electrons. The Morgan fingerprint density at radius 1 is 1.26 bits per heavy atom. The van der Waals surface area contributed by atoms with Crippen molar-refractivity contribution in [1.82, 2.24) is 19.0 Å². The molecule has 1 aromatic carbocycles. The Bertz CT molecular complexity index is 939. The standard InChI is InChI=1S/C22H30N4O/c1-16-21(20-12-19(27-4)7-8-22(20)24(16)3)15-25-10-5-6-18(13-25)14-26-11-9-23-17(26)2/h7-9,11-12,18H,5-6,10,13-15H2,1-4H3/t18-/m0/s1. The molecule has 0 unspecified atom stereocenters. The fourth-order valence-corrected chi connectivity index (χ4v) is 4.50. The van der Waals surface area contributed by atoms with Crippen LogP contribution in [0.3, 0.4) is 0 Å². The number of imidazole rings is 1. The second kappa shape index (κ2) is 7.39. The molecule has 0 N–H and O–H groups in total. The maximum atomic E-state index is 5.47. The summed E-state index contributed by atoms with van der Waals surface area (Å²) >= 11 is 0. The van der Waals surface area contributed by atoms with Gasteiger partial charge in [-0.1, -0.05) is 0 Å². The van der Waals surface area contributed by atoms with Crippen LogP contribution in [0.1, 0.15) is 29.9 Å². The van der Waals surface area contributed by atoms with Crippen LogP contribution in [0.4, 0.5) is 0 Å². The third-order valence-electron chi connectivity index (χ3n) is 6.19. The second-order valence-electron chi connectivity index (χ2n) is 7.88. The van der Waals surface area contributed by atoms with Gasteiger partial charge in [-0.25, -0.2) is 4.98 Å². The Kier molecular flexibility index (Phi) is 4.96. The molecular formula is C22H30N4O. The summed E-state index contributed by atoms with van der Waals surface area (Å²) in [5.74, 6) is 2.74. The molecule has 5 heteroatoms. The summed E-state index contributed by atoms with van der Waals surface area (Å²) in [6.45, 7) is 8.74. The van der Waals surface area contributed by atoms with Crippen molar-refractivity contribution in [3.63, 3.8) is 0 Å². The molecule has 0 spiro atoms. The molecule has 0 saturated carbocycles. The van der Waals surface area contributed by atoms with Crippen molar-refractivity contribution in [3.8, 4) is 5.75 Å². The van der Waals surface area contributed by atoms with Crippen LogP contribution in [0.2, 0.25) is 0 Å². The van der Waals surface area contributed by atoms with Gasteiger partial charge in [-0.05, 0) is 62.9 Å². The SMILES string of the molecule is COc1ccc2c(c1)c(CN1CCC[C@H](Cn3ccnc3C)C1)c(C)n2C. The maximum Gasteiger partial charge on any atom is 0.119 e. The van der Waals surface area contributed by atoms with E-state index in [-0.39, 0.29) is 0 Å². The summed E-state index contributed by atoms with van der Waals surface area (Å²) in [5.41, 5.74) is 4.07. The van der Waals surface area contributed by atoms with Crippen molar-refractivity contribution in [2.24, 2.45) is 13.0 Å². The Labute approximate surface area is 161 Å². The van der Waals surface area contributed by atoms with Crippen LogP contribution < -0.4 is 4.74 Å². The van der Waals surface area contributed by atoms with Gasteiger partial charge in [0.05, 0.1) is 7.11 Å². The lowest BCUT2D eigenvalue weighted by atomic mass is 9.97. The zero-order chi connectivity index (χ0) is 19.0. The van der Waals surface area contributed by atoms with E-state index in [1.165, 1.54) is 41.5 Å². The van der Waals surface area contributed by atoms with Crippen molar-refractivity contribution in [2.75, 3.05) is 20.2 Å². The molecular weight excluding hydrogens is 336 g/mol. The minimum atomic E-state index is 0.691. The first-order chi connectivity index (χ1) is 13.1. The number of nitrogens with zero attached hydrogens (tertiary/aromatic N) is 4. The molecule has 0 bridgehead atoms. The van der Waals surface area contributed by atoms with Crippen molar-refractivity contribution >= 4 is 10.9 Å². The van der Waals surface area contributed by atoms with Crippen molar-refractivity contribution in [1.29, 1.82) is 0 Å². The Morgan fingerprint density at radius 3 is 2.85 bits per heavy atom. The minimum Gasteiger partial charge on any atom is -0.497 e. The lowest BCUT2D eigenvalue weighted by molar-refractivity contribution is 0.155. The number of methoxy groups -OCH3 is 1. The number of piperidine rings is 1. The number of rotatable bonds is 5. The van der Waals surface area contributed by atoms with Gasteiger partial charge in [0, 0.05) is 55.7 Å². The van der Waals surface area contributed by atoms with Gasteiger partial charge < -0.3 is 13.9 Å². The van der Waals surface area contributed by atoms with Crippen LogP contribution in [0.15, 0.2) is 30.6 Å². The number of hydrogen-bond donors (Lipinski definition) is 0. The highest BCUT2D eigenvalue weighted by molar-refractivity contribution is 5.86. The zero-order valence-electron chi connectivity index (χ0n) is 16.9. The summed E-state index contributed by atoms with van der Waals surface area (Å²) in [6, 6.07) is 6.41. The largest absolute Gasteiger partial charge is 0.497 e. The highest BCUT2D eigenvalue weighted by Gasteiger charge is 2.23. The molecule has 4 rings (SSSR count). The van der Waals surface area contributed by atoms with Crippen molar-refractivity contribution in [2.45, 2.75) is 39.8 Å². The van der Waals surface area contributed by atoms with E-state index in [0.717, 1.165) is 31.2 Å². The summed E-state index contributed by atoms with van der Waals surface area (Å²) < 4.78 is 10.1. The highest BCUT2D eigenvalue weighted by atomic mass is 16.5. The molecule has 0 aliphatic carbocycles. The number of ether oxygens (including phenoxy) is 1. The van der Waals surface area contributed by atoms with Gasteiger partial charge in [-0.3, -0.25) is 4.90 Å². The average molecular weight is 367 g/mol. The quantitative estimate of drug-likeness (QED) is 0.687. The molecule has 5 nitrogen and oxygen atoms in total. The molecule has 3 aromatic rings. The normalized spacial score (nSPS) is 18.3. The molecule has 0 amide bonds. The third-order valence-corrected chi connectivity index (χ3v) is 6.19. The number of fused-ring (bicyclic) bond motifs is 1. The monoisotopic (exact) mass is 366 g/mol. The Balaban J connectivity index is 1.54. The molecule has 1 aliphatic heterocycles. The smallest absolute Gasteiger partial charge is 0.119 e. The average Bonchev–Trinajstić information content (AvgIpc) is 3.18. The fourth-order valence-electron chi connectivity index (χ4n) is 4.50. The number of likely N-dealkylation sites (tertiary alicyclic amines) is 1. The van der Waals surface area contributed by atoms with E-state index in [1.807, 2.05) is 6.20 Å². The van der Waals surface area contributed by atoms with Gasteiger partial charge >= 0.3 is 0 Å². The minimum absolute atomic E-state index is 0.691. The van der Waals surface area contributed by atoms with Gasteiger partial charge in [0.1, 0.15) is 11.6 Å². The molecule has 1 fully saturated rings. The first-order valence-corrected chi connectivity index (χ1v) is 9.88. The number of benzene rings is 1. The molecule has 3 heterocycles. The second-order valence-corrected chi connectivity index (χ2v) is 7.88. The molecule has 0 radical (unpaired) electrons. The predicted molar refractivity (Wildman–Crippen MR) is 109 cm³/mol. The van der Waals surface area contributed by atoms with Crippen molar-refractivity contribution < 1.29 is 4.74 Å². The Morgan fingerprint density at radius 2 is 2.11 bits per heavy atom. The maximum absolute atomic E-state index is 5.47. The number of hydrogen-bond acceptors (Lipinski definition) is 3. The van der Waals surface area contributed by atoms with E-state index >= 15 is 0 Å². The van der Waals surface area contributed by atoms with Crippen LogP contribution in [-0.4, -0.2) is 39.2 Å². The summed E-state index contributed by atoms with van der Waals surface area (Å²) in [6.07, 6.45) is 6.58. The molecule has 1 atom stereocenters. The lowest BCUT2D eigenvalue weighted by Gasteiger charge is -2.33. The van der Waals surface area contributed by atoms with Gasteiger partial charge in [-0.15, -0.1) is 0 Å². The molecule has 1 saturated heterocycles. The summed E-state index contributed by atoms with van der Waals surface area (Å²) in [4.78, 5) is 7.00. The van der Waals surface area contributed by atoms with Crippen molar-refractivity contribution in [3.05, 3.63) is 47.7 Å². The first kappa shape index (κ1) is 18.1. The first-order valence-electron chi connectivity index (χ1n) is 9.88. The predicted octanol–water partition coefficient (Wildman–Crippen LogP) is 3.91.